The third kappa shape index (κ3) is 1.88. The summed E-state index contributed by atoms with van der Waals surface area (Å²) in [6.45, 7) is 5.85. The molecule has 3 heteroatoms. The van der Waals surface area contributed by atoms with Crippen LogP contribution in [0.5, 0.6) is 0 Å². The van der Waals surface area contributed by atoms with Crippen molar-refractivity contribution in [2.75, 3.05) is 6.54 Å². The number of nitrogens with two attached hydrogens (primary N) is 1. The van der Waals surface area contributed by atoms with Crippen molar-refractivity contribution >= 4 is 10.9 Å². The lowest BCUT2D eigenvalue weighted by molar-refractivity contribution is 0.576. The fraction of sp³-hybridized carbons (Fsp3) is 0.417. The highest BCUT2D eigenvalue weighted by Crippen LogP contribution is 2.19. The second-order valence-electron chi connectivity index (χ2n) is 3.97. The van der Waals surface area contributed by atoms with Crippen LogP contribution in [0.4, 0.5) is 0 Å². The Morgan fingerprint density at radius 1 is 1.33 bits per heavy atom. The average Bonchev–Trinajstić information content (AvgIpc) is 2.53. The highest BCUT2D eigenvalue weighted by molar-refractivity contribution is 5.82. The zero-order chi connectivity index (χ0) is 10.8. The molecule has 1 aromatic carbocycles. The molecule has 0 saturated carbocycles. The summed E-state index contributed by atoms with van der Waals surface area (Å²) in [5.41, 5.74) is 9.10. The lowest BCUT2D eigenvalue weighted by atomic mass is 10.1. The molecule has 0 fully saturated rings. The molecule has 0 aliphatic heterocycles. The summed E-state index contributed by atoms with van der Waals surface area (Å²) < 4.78 is 2.05. The molecule has 2 aromatic rings. The van der Waals surface area contributed by atoms with Crippen LogP contribution in [0.15, 0.2) is 18.2 Å². The Hall–Kier alpha value is -1.35. The van der Waals surface area contributed by atoms with Gasteiger partial charge in [-0.1, -0.05) is 11.6 Å². The van der Waals surface area contributed by atoms with Crippen molar-refractivity contribution in [3.05, 3.63) is 29.5 Å². The van der Waals surface area contributed by atoms with Gasteiger partial charge in [0.2, 0.25) is 0 Å². The van der Waals surface area contributed by atoms with Crippen LogP contribution in [0.3, 0.4) is 0 Å². The van der Waals surface area contributed by atoms with Gasteiger partial charge in [0, 0.05) is 17.6 Å². The normalized spacial score (nSPS) is 11.1. The topological polar surface area (TPSA) is 43.8 Å². The summed E-state index contributed by atoms with van der Waals surface area (Å²) in [4.78, 5) is 0. The monoisotopic (exact) mass is 203 g/mol. The molecule has 0 bridgehead atoms. The Balaban J connectivity index is 2.45. The first-order valence-corrected chi connectivity index (χ1v) is 5.36. The maximum absolute atomic E-state index is 5.50. The van der Waals surface area contributed by atoms with Gasteiger partial charge in [0.1, 0.15) is 0 Å². The fourth-order valence-electron chi connectivity index (χ4n) is 1.83. The van der Waals surface area contributed by atoms with Crippen molar-refractivity contribution in [1.82, 2.24) is 9.78 Å². The highest BCUT2D eigenvalue weighted by atomic mass is 15.3. The van der Waals surface area contributed by atoms with E-state index in [-0.39, 0.29) is 0 Å². The van der Waals surface area contributed by atoms with Crippen LogP contribution >= 0.6 is 0 Å². The molecule has 80 valence electrons. The molecule has 0 atom stereocenters. The largest absolute Gasteiger partial charge is 0.330 e. The van der Waals surface area contributed by atoms with Crippen LogP contribution in [0.25, 0.3) is 10.9 Å². The first-order valence-electron chi connectivity index (χ1n) is 5.36. The average molecular weight is 203 g/mol. The number of hydrogen-bond acceptors (Lipinski definition) is 2. The summed E-state index contributed by atoms with van der Waals surface area (Å²) in [6, 6.07) is 6.37. The molecule has 0 aliphatic carbocycles. The van der Waals surface area contributed by atoms with E-state index < -0.39 is 0 Å². The summed E-state index contributed by atoms with van der Waals surface area (Å²) in [5, 5.41) is 5.81. The van der Waals surface area contributed by atoms with Crippen molar-refractivity contribution in [1.29, 1.82) is 0 Å². The number of nitrogens with zero attached hydrogens (tertiary/aromatic N) is 2. The molecule has 15 heavy (non-hydrogen) atoms. The Morgan fingerprint density at radius 3 is 2.87 bits per heavy atom. The molecule has 0 unspecified atom stereocenters. The third-order valence-corrected chi connectivity index (χ3v) is 2.73. The van der Waals surface area contributed by atoms with Gasteiger partial charge in [-0.2, -0.15) is 5.10 Å². The minimum Gasteiger partial charge on any atom is -0.330 e. The number of aromatic nitrogens is 2. The fourth-order valence-corrected chi connectivity index (χ4v) is 1.83. The molecule has 0 aliphatic rings. The van der Waals surface area contributed by atoms with Crippen LogP contribution in [0, 0.1) is 13.8 Å². The minimum absolute atomic E-state index is 0.717. The molecular weight excluding hydrogens is 186 g/mol. The Kier molecular flexibility index (Phi) is 2.73. The molecule has 0 amide bonds. The Bertz CT molecular complexity index is 471. The van der Waals surface area contributed by atoms with Crippen molar-refractivity contribution in [3.63, 3.8) is 0 Å². The predicted molar refractivity (Wildman–Crippen MR) is 62.9 cm³/mol. The standard InChI is InChI=1S/C12H17N3/c1-9-4-5-12-11(8-9)10(2)15(14-12)7-3-6-13/h4-5,8H,3,6-7,13H2,1-2H3. The van der Waals surface area contributed by atoms with Crippen molar-refractivity contribution in [2.24, 2.45) is 5.73 Å². The van der Waals surface area contributed by atoms with Crippen LogP contribution in [-0.2, 0) is 6.54 Å². The third-order valence-electron chi connectivity index (χ3n) is 2.73. The second-order valence-corrected chi connectivity index (χ2v) is 3.97. The van der Waals surface area contributed by atoms with Crippen molar-refractivity contribution in [2.45, 2.75) is 26.8 Å². The van der Waals surface area contributed by atoms with E-state index in [0.717, 1.165) is 18.5 Å². The highest BCUT2D eigenvalue weighted by Gasteiger charge is 2.06. The van der Waals surface area contributed by atoms with Gasteiger partial charge in [-0.05, 0) is 38.9 Å². The van der Waals surface area contributed by atoms with Gasteiger partial charge in [-0.3, -0.25) is 4.68 Å². The van der Waals surface area contributed by atoms with Gasteiger partial charge in [0.05, 0.1) is 5.52 Å². The van der Waals surface area contributed by atoms with Crippen LogP contribution in [0.1, 0.15) is 17.7 Å². The molecule has 1 aromatic heterocycles. The molecule has 2 N–H and O–H groups in total. The molecule has 3 nitrogen and oxygen atoms in total. The van der Waals surface area contributed by atoms with E-state index in [0.29, 0.717) is 6.54 Å². The number of hydrogen-bond donors (Lipinski definition) is 1. The first-order chi connectivity index (χ1) is 7.22. The van der Waals surface area contributed by atoms with E-state index >= 15 is 0 Å². The van der Waals surface area contributed by atoms with Gasteiger partial charge in [0.25, 0.3) is 0 Å². The number of fused-ring (bicyclic) bond motifs is 1. The summed E-state index contributed by atoms with van der Waals surface area (Å²) >= 11 is 0. The maximum atomic E-state index is 5.50. The molecular formula is C12H17N3. The molecule has 1 heterocycles. The molecule has 0 spiro atoms. The van der Waals surface area contributed by atoms with Crippen LogP contribution in [-0.4, -0.2) is 16.3 Å². The van der Waals surface area contributed by atoms with Crippen molar-refractivity contribution in [3.8, 4) is 0 Å². The molecule has 0 radical (unpaired) electrons. The number of rotatable bonds is 3. The molecule has 0 saturated heterocycles. The summed E-state index contributed by atoms with van der Waals surface area (Å²) in [7, 11) is 0. The minimum atomic E-state index is 0.717. The van der Waals surface area contributed by atoms with Crippen LogP contribution in [0.2, 0.25) is 0 Å². The summed E-state index contributed by atoms with van der Waals surface area (Å²) in [5.74, 6) is 0. The van der Waals surface area contributed by atoms with Crippen molar-refractivity contribution < 1.29 is 0 Å². The second kappa shape index (κ2) is 4.03. The molecule has 2 rings (SSSR count). The Labute approximate surface area is 89.9 Å². The maximum Gasteiger partial charge on any atom is 0.0926 e. The SMILES string of the molecule is Cc1ccc2nn(CCCN)c(C)c2c1. The van der Waals surface area contributed by atoms with E-state index in [1.807, 2.05) is 0 Å². The Morgan fingerprint density at radius 2 is 2.13 bits per heavy atom. The summed E-state index contributed by atoms with van der Waals surface area (Å²) in [6.07, 6.45) is 0.980. The lowest BCUT2D eigenvalue weighted by Gasteiger charge is -2.01. The van der Waals surface area contributed by atoms with E-state index in [4.69, 9.17) is 5.73 Å². The van der Waals surface area contributed by atoms with E-state index in [1.165, 1.54) is 16.6 Å². The zero-order valence-corrected chi connectivity index (χ0v) is 9.33. The van der Waals surface area contributed by atoms with Gasteiger partial charge in [-0.25, -0.2) is 0 Å². The quantitative estimate of drug-likeness (QED) is 0.829. The van der Waals surface area contributed by atoms with Gasteiger partial charge in [-0.15, -0.1) is 0 Å². The zero-order valence-electron chi connectivity index (χ0n) is 9.33. The van der Waals surface area contributed by atoms with Gasteiger partial charge in [0.15, 0.2) is 0 Å². The smallest absolute Gasteiger partial charge is 0.0926 e. The predicted octanol–water partition coefficient (Wildman–Crippen LogP) is 2.00. The van der Waals surface area contributed by atoms with Crippen LogP contribution < -0.4 is 5.73 Å². The van der Waals surface area contributed by atoms with E-state index in [2.05, 4.69) is 41.8 Å². The number of benzene rings is 1. The number of aryl methyl sites for hydroxylation is 3. The first kappa shape index (κ1) is 10.2. The lowest BCUT2D eigenvalue weighted by Crippen LogP contribution is -2.07. The van der Waals surface area contributed by atoms with Gasteiger partial charge >= 0.3 is 0 Å². The van der Waals surface area contributed by atoms with E-state index in [1.54, 1.807) is 0 Å². The van der Waals surface area contributed by atoms with Gasteiger partial charge < -0.3 is 5.73 Å². The van der Waals surface area contributed by atoms with E-state index in [9.17, 15) is 0 Å².